The molecule has 0 bridgehead atoms. The van der Waals surface area contributed by atoms with E-state index < -0.39 is 11.8 Å². The van der Waals surface area contributed by atoms with Crippen molar-refractivity contribution in [1.82, 2.24) is 15.1 Å². The zero-order valence-corrected chi connectivity index (χ0v) is 13.1. The number of carbonyl (C=O) groups excluding carboxylic acids is 2. The van der Waals surface area contributed by atoms with Crippen molar-refractivity contribution < 1.29 is 14.7 Å². The summed E-state index contributed by atoms with van der Waals surface area (Å²) in [6.45, 7) is 4.28. The van der Waals surface area contributed by atoms with Gasteiger partial charge in [-0.2, -0.15) is 5.10 Å². The van der Waals surface area contributed by atoms with E-state index in [0.29, 0.717) is 12.2 Å². The maximum atomic E-state index is 11.8. The monoisotopic (exact) mass is 308 g/mol. The van der Waals surface area contributed by atoms with Gasteiger partial charge in [0, 0.05) is 24.7 Å². The Balaban J connectivity index is 1.80. The fraction of sp³-hybridized carbons (Fsp3) is 0.667. The second kappa shape index (κ2) is 7.40. The summed E-state index contributed by atoms with van der Waals surface area (Å²) in [6, 6.07) is 0.187. The molecule has 2 amide bonds. The number of aliphatic hydroxyl groups is 1. The van der Waals surface area contributed by atoms with E-state index in [-0.39, 0.29) is 18.1 Å². The molecule has 0 saturated heterocycles. The van der Waals surface area contributed by atoms with Gasteiger partial charge in [0.1, 0.15) is 0 Å². The molecule has 1 aliphatic rings. The standard InChI is InChI=1S/C15H24N4O3/c1-10(2)19-9-12(8-17-19)18-15(22)14(21)16-7-11-5-3-4-6-13(11)20/h8-11,13,20H,3-7H2,1-2H3,(H,16,21)(H,18,22)/t11-,13+/m0/s1. The van der Waals surface area contributed by atoms with E-state index >= 15 is 0 Å². The zero-order chi connectivity index (χ0) is 16.1. The van der Waals surface area contributed by atoms with Gasteiger partial charge < -0.3 is 15.7 Å². The third-order valence-electron chi connectivity index (χ3n) is 3.99. The Bertz CT molecular complexity index is 527. The summed E-state index contributed by atoms with van der Waals surface area (Å²) in [4.78, 5) is 23.6. The van der Waals surface area contributed by atoms with Crippen molar-refractivity contribution in [3.8, 4) is 0 Å². The van der Waals surface area contributed by atoms with E-state index in [0.717, 1.165) is 25.7 Å². The summed E-state index contributed by atoms with van der Waals surface area (Å²) in [5, 5.41) is 19.1. The Hall–Kier alpha value is -1.89. The van der Waals surface area contributed by atoms with Gasteiger partial charge in [-0.15, -0.1) is 0 Å². The fourth-order valence-electron chi connectivity index (χ4n) is 2.60. The van der Waals surface area contributed by atoms with Gasteiger partial charge in [-0.3, -0.25) is 14.3 Å². The van der Waals surface area contributed by atoms with E-state index in [1.54, 1.807) is 10.9 Å². The van der Waals surface area contributed by atoms with Gasteiger partial charge in [0.15, 0.2) is 0 Å². The lowest BCUT2D eigenvalue weighted by Gasteiger charge is -2.27. The second-order valence-corrected chi connectivity index (χ2v) is 6.08. The first-order valence-corrected chi connectivity index (χ1v) is 7.78. The normalized spacial score (nSPS) is 21.6. The van der Waals surface area contributed by atoms with Crippen LogP contribution in [-0.2, 0) is 9.59 Å². The van der Waals surface area contributed by atoms with Crippen molar-refractivity contribution in [2.75, 3.05) is 11.9 Å². The van der Waals surface area contributed by atoms with Gasteiger partial charge in [0.05, 0.1) is 18.0 Å². The molecule has 7 heteroatoms. The van der Waals surface area contributed by atoms with Crippen LogP contribution in [0.15, 0.2) is 12.4 Å². The van der Waals surface area contributed by atoms with Crippen molar-refractivity contribution in [3.63, 3.8) is 0 Å². The SMILES string of the molecule is CC(C)n1cc(NC(=O)C(=O)NC[C@@H]2CCCC[C@H]2O)cn1. The molecule has 0 radical (unpaired) electrons. The molecule has 1 aliphatic carbocycles. The molecule has 1 saturated carbocycles. The lowest BCUT2D eigenvalue weighted by Crippen LogP contribution is -2.41. The first-order valence-electron chi connectivity index (χ1n) is 7.78. The zero-order valence-electron chi connectivity index (χ0n) is 13.1. The summed E-state index contributed by atoms with van der Waals surface area (Å²) in [6.07, 6.45) is 6.52. The Morgan fingerprint density at radius 3 is 2.73 bits per heavy atom. The van der Waals surface area contributed by atoms with Crippen LogP contribution in [0.1, 0.15) is 45.6 Å². The van der Waals surface area contributed by atoms with Crippen LogP contribution in [0.25, 0.3) is 0 Å². The number of aliphatic hydroxyl groups excluding tert-OH is 1. The number of anilines is 1. The molecule has 122 valence electrons. The van der Waals surface area contributed by atoms with Crippen LogP contribution in [-0.4, -0.2) is 39.4 Å². The molecule has 0 spiro atoms. The number of nitrogens with one attached hydrogen (secondary N) is 2. The van der Waals surface area contributed by atoms with Gasteiger partial charge in [-0.25, -0.2) is 0 Å². The van der Waals surface area contributed by atoms with Gasteiger partial charge in [0.25, 0.3) is 0 Å². The molecule has 1 fully saturated rings. The molecule has 1 heterocycles. The molecule has 22 heavy (non-hydrogen) atoms. The van der Waals surface area contributed by atoms with Crippen LogP contribution >= 0.6 is 0 Å². The highest BCUT2D eigenvalue weighted by Crippen LogP contribution is 2.23. The molecule has 0 aliphatic heterocycles. The molecule has 1 aromatic rings. The van der Waals surface area contributed by atoms with Crippen LogP contribution in [0.2, 0.25) is 0 Å². The number of aromatic nitrogens is 2. The average molecular weight is 308 g/mol. The minimum atomic E-state index is -0.714. The van der Waals surface area contributed by atoms with E-state index in [9.17, 15) is 14.7 Å². The molecular weight excluding hydrogens is 284 g/mol. The van der Waals surface area contributed by atoms with Gasteiger partial charge in [-0.05, 0) is 26.7 Å². The number of rotatable bonds is 4. The van der Waals surface area contributed by atoms with Crippen LogP contribution in [0.3, 0.4) is 0 Å². The number of hydrogen-bond acceptors (Lipinski definition) is 4. The predicted molar refractivity (Wildman–Crippen MR) is 82.2 cm³/mol. The molecule has 7 nitrogen and oxygen atoms in total. The Morgan fingerprint density at radius 1 is 1.36 bits per heavy atom. The van der Waals surface area contributed by atoms with Crippen LogP contribution < -0.4 is 10.6 Å². The molecular formula is C15H24N4O3. The minimum Gasteiger partial charge on any atom is -0.393 e. The molecule has 0 unspecified atom stereocenters. The van der Waals surface area contributed by atoms with E-state index in [1.807, 2.05) is 13.8 Å². The second-order valence-electron chi connectivity index (χ2n) is 6.08. The largest absolute Gasteiger partial charge is 0.393 e. The summed E-state index contributed by atoms with van der Waals surface area (Å²) < 4.78 is 1.70. The quantitative estimate of drug-likeness (QED) is 0.725. The van der Waals surface area contributed by atoms with Gasteiger partial charge >= 0.3 is 11.8 Å². The summed E-state index contributed by atoms with van der Waals surface area (Å²) in [5.74, 6) is -1.36. The first-order chi connectivity index (χ1) is 10.5. The maximum absolute atomic E-state index is 11.8. The number of amides is 2. The summed E-state index contributed by atoms with van der Waals surface area (Å²) in [5.41, 5.74) is 0.492. The lowest BCUT2D eigenvalue weighted by atomic mass is 9.86. The Labute approximate surface area is 130 Å². The highest BCUT2D eigenvalue weighted by Gasteiger charge is 2.24. The smallest absolute Gasteiger partial charge is 0.313 e. The lowest BCUT2D eigenvalue weighted by molar-refractivity contribution is -0.136. The highest BCUT2D eigenvalue weighted by atomic mass is 16.3. The van der Waals surface area contributed by atoms with Crippen LogP contribution in [0.5, 0.6) is 0 Å². The average Bonchev–Trinajstić information content (AvgIpc) is 2.94. The molecule has 2 atom stereocenters. The Kier molecular flexibility index (Phi) is 5.54. The van der Waals surface area contributed by atoms with Crippen molar-refractivity contribution in [2.24, 2.45) is 5.92 Å². The van der Waals surface area contributed by atoms with Crippen LogP contribution in [0.4, 0.5) is 5.69 Å². The number of carbonyl (C=O) groups is 2. The Morgan fingerprint density at radius 2 is 2.09 bits per heavy atom. The van der Waals surface area contributed by atoms with Gasteiger partial charge in [-0.1, -0.05) is 12.8 Å². The van der Waals surface area contributed by atoms with Crippen molar-refractivity contribution in [3.05, 3.63) is 12.4 Å². The molecule has 2 rings (SSSR count). The fourth-order valence-corrected chi connectivity index (χ4v) is 2.60. The molecule has 0 aromatic carbocycles. The molecule has 1 aromatic heterocycles. The predicted octanol–water partition coefficient (Wildman–Crippen LogP) is 1.07. The summed E-state index contributed by atoms with van der Waals surface area (Å²) >= 11 is 0. The topological polar surface area (TPSA) is 96.2 Å². The molecule has 3 N–H and O–H groups in total. The van der Waals surface area contributed by atoms with Crippen molar-refractivity contribution in [1.29, 1.82) is 0 Å². The maximum Gasteiger partial charge on any atom is 0.313 e. The summed E-state index contributed by atoms with van der Waals surface area (Å²) in [7, 11) is 0. The van der Waals surface area contributed by atoms with Crippen molar-refractivity contribution in [2.45, 2.75) is 51.7 Å². The van der Waals surface area contributed by atoms with Crippen molar-refractivity contribution >= 4 is 17.5 Å². The number of nitrogens with zero attached hydrogens (tertiary/aromatic N) is 2. The third-order valence-corrected chi connectivity index (χ3v) is 3.99. The third kappa shape index (κ3) is 4.30. The van der Waals surface area contributed by atoms with E-state index in [4.69, 9.17) is 0 Å². The van der Waals surface area contributed by atoms with Gasteiger partial charge in [0.2, 0.25) is 0 Å². The van der Waals surface area contributed by atoms with E-state index in [1.165, 1.54) is 6.20 Å². The first kappa shape index (κ1) is 16.5. The van der Waals surface area contributed by atoms with Crippen LogP contribution in [0, 0.1) is 5.92 Å². The highest BCUT2D eigenvalue weighted by molar-refractivity contribution is 6.39. The number of hydrogen-bond donors (Lipinski definition) is 3. The minimum absolute atomic E-state index is 0.0363. The van der Waals surface area contributed by atoms with E-state index in [2.05, 4.69) is 15.7 Å².